The molecule has 4 aromatic carbocycles. The predicted octanol–water partition coefficient (Wildman–Crippen LogP) is 10.3. The molecule has 40 heavy (non-hydrogen) atoms. The summed E-state index contributed by atoms with van der Waals surface area (Å²) in [5, 5.41) is 0. The van der Waals surface area contributed by atoms with E-state index < -0.39 is 24.6 Å². The summed E-state index contributed by atoms with van der Waals surface area (Å²) in [5.74, 6) is -2.59. The third kappa shape index (κ3) is 11.3. The largest absolute Gasteiger partial charge is 0.462 e. The van der Waals surface area contributed by atoms with Gasteiger partial charge in [0.25, 0.3) is 0 Å². The number of ether oxygens (including phenoxy) is 1. The molecule has 0 atom stereocenters. The Morgan fingerprint density at radius 2 is 0.875 bits per heavy atom. The van der Waals surface area contributed by atoms with Gasteiger partial charge >= 0.3 is 18.8 Å². The van der Waals surface area contributed by atoms with Crippen LogP contribution in [0.1, 0.15) is 17.3 Å². The maximum atomic E-state index is 12.2. The van der Waals surface area contributed by atoms with Crippen LogP contribution in [0.5, 0.6) is 0 Å². The molecule has 0 saturated heterocycles. The van der Waals surface area contributed by atoms with Gasteiger partial charge in [-0.25, -0.2) is 13.6 Å². The average Bonchev–Trinajstić information content (AvgIpc) is 2.95. The Kier molecular flexibility index (Phi) is 14.3. The molecule has 0 radical (unpaired) electrons. The smallest absolute Gasteiger partial charge is 0.373 e. The summed E-state index contributed by atoms with van der Waals surface area (Å²) in [6.07, 6.45) is -5.95. The number of benzene rings is 4. The van der Waals surface area contributed by atoms with Crippen molar-refractivity contribution >= 4 is 59.5 Å². The maximum absolute atomic E-state index is 12.2. The number of esters is 1. The minimum atomic E-state index is -2.99. The molecule has 0 aromatic heterocycles. The van der Waals surface area contributed by atoms with Crippen LogP contribution < -0.4 is 0 Å². The van der Waals surface area contributed by atoms with Crippen LogP contribution in [0, 0.1) is 0 Å². The monoisotopic (exact) mass is 744 g/mol. The number of hydrogen-bond acceptors (Lipinski definition) is 3. The third-order valence-corrected chi connectivity index (χ3v) is 6.62. The minimum Gasteiger partial charge on any atom is -0.462 e. The number of Topliss-reactive ketones (excluding diaryl/α,β-unsaturated/α-hetero) is 1. The van der Waals surface area contributed by atoms with Gasteiger partial charge in [-0.2, -0.15) is 8.78 Å². The van der Waals surface area contributed by atoms with Crippen LogP contribution in [0.3, 0.4) is 0 Å². The van der Waals surface area contributed by atoms with Crippen LogP contribution in [0.2, 0.25) is 0 Å². The fourth-order valence-corrected chi connectivity index (χ4v) is 3.88. The van der Waals surface area contributed by atoms with Crippen LogP contribution in [-0.2, 0) is 9.53 Å². The quantitative estimate of drug-likeness (QED) is 0.112. The zero-order valence-electron chi connectivity index (χ0n) is 21.0. The van der Waals surface area contributed by atoms with Crippen LogP contribution in [0.25, 0.3) is 22.3 Å². The van der Waals surface area contributed by atoms with Gasteiger partial charge in [-0.15, -0.1) is 0 Å². The number of rotatable bonds is 6. The zero-order valence-corrected chi connectivity index (χ0v) is 25.7. The van der Waals surface area contributed by atoms with E-state index in [0.717, 1.165) is 24.5 Å². The normalized spacial score (nSPS) is 10.2. The lowest BCUT2D eigenvalue weighted by Crippen LogP contribution is -2.13. The van der Waals surface area contributed by atoms with Gasteiger partial charge < -0.3 is 4.74 Å². The average molecular weight is 747 g/mol. The van der Waals surface area contributed by atoms with Crippen molar-refractivity contribution in [2.24, 2.45) is 0 Å². The fraction of sp³-hybridized carbons (Fsp3) is 0.133. The lowest BCUT2D eigenvalue weighted by Gasteiger charge is -2.04. The van der Waals surface area contributed by atoms with Crippen LogP contribution in [0.4, 0.5) is 17.6 Å². The van der Waals surface area contributed by atoms with Crippen molar-refractivity contribution in [3.63, 3.8) is 0 Å². The Hall–Kier alpha value is -2.82. The lowest BCUT2D eigenvalue weighted by molar-refractivity contribution is -0.155. The second kappa shape index (κ2) is 17.1. The van der Waals surface area contributed by atoms with Crippen LogP contribution >= 0.6 is 47.8 Å². The SMILES string of the molecule is Brc1ccc(-c2ccc(Br)cc2)cc1.CCOC(=O)C(F)F.O=C(c1ccc(-c2ccc(Br)cc2)cc1)C(F)F. The fourth-order valence-electron chi connectivity index (χ4n) is 3.09. The van der Waals surface area contributed by atoms with Gasteiger partial charge in [0, 0.05) is 19.0 Å². The summed E-state index contributed by atoms with van der Waals surface area (Å²) < 4.78 is 53.8. The number of ketones is 1. The first kappa shape index (κ1) is 33.4. The summed E-state index contributed by atoms with van der Waals surface area (Å²) in [6.45, 7) is 1.48. The van der Waals surface area contributed by atoms with Crippen molar-refractivity contribution in [3.05, 3.63) is 116 Å². The van der Waals surface area contributed by atoms with E-state index in [9.17, 15) is 27.2 Å². The molecular weight excluding hydrogens is 724 g/mol. The number of carbonyl (C=O) groups is 2. The summed E-state index contributed by atoms with van der Waals surface area (Å²) in [6, 6.07) is 30.4. The second-order valence-corrected chi connectivity index (χ2v) is 10.6. The summed E-state index contributed by atoms with van der Waals surface area (Å²) >= 11 is 10.2. The van der Waals surface area contributed by atoms with Crippen LogP contribution in [0.15, 0.2) is 110 Å². The topological polar surface area (TPSA) is 43.4 Å². The molecular formula is C30H23Br3F4O3. The highest BCUT2D eigenvalue weighted by Gasteiger charge is 2.17. The Morgan fingerprint density at radius 1 is 0.575 bits per heavy atom. The predicted molar refractivity (Wildman–Crippen MR) is 160 cm³/mol. The molecule has 10 heteroatoms. The first-order chi connectivity index (χ1) is 19.0. The number of hydrogen-bond donors (Lipinski definition) is 0. The Balaban J connectivity index is 0.000000227. The van der Waals surface area contributed by atoms with E-state index in [1.807, 2.05) is 24.3 Å². The molecule has 210 valence electrons. The van der Waals surface area contributed by atoms with Crippen molar-refractivity contribution in [2.45, 2.75) is 19.8 Å². The maximum Gasteiger partial charge on any atom is 0.373 e. The van der Waals surface area contributed by atoms with E-state index in [0.29, 0.717) is 0 Å². The molecule has 0 aliphatic rings. The number of alkyl halides is 4. The first-order valence-electron chi connectivity index (χ1n) is 11.7. The second-order valence-electron chi connectivity index (χ2n) is 7.82. The molecule has 0 aliphatic carbocycles. The lowest BCUT2D eigenvalue weighted by atomic mass is 10.0. The van der Waals surface area contributed by atoms with Crippen molar-refractivity contribution < 1.29 is 31.9 Å². The molecule has 0 fully saturated rings. The minimum absolute atomic E-state index is 0.00315. The Morgan fingerprint density at radius 3 is 1.10 bits per heavy atom. The van der Waals surface area contributed by atoms with Gasteiger partial charge in [0.05, 0.1) is 6.61 Å². The van der Waals surface area contributed by atoms with Gasteiger partial charge in [0.15, 0.2) is 0 Å². The molecule has 0 heterocycles. The van der Waals surface area contributed by atoms with Gasteiger partial charge in [0.1, 0.15) is 0 Å². The standard InChI is InChI=1S/C14H9BrF2O.C12H8Br2.C4H6F2O2/c15-12-7-5-10(6-8-12)9-1-3-11(4-2-9)13(18)14(16)17;13-11-5-1-9(2-6-11)10-3-7-12(14)8-4-10;1-2-8-4(7)3(5)6/h1-8,14H;1-8H;3H,2H2,1H3. The van der Waals surface area contributed by atoms with Gasteiger partial charge in [-0.3, -0.25) is 4.79 Å². The molecule has 0 aliphatic heterocycles. The third-order valence-electron chi connectivity index (χ3n) is 5.03. The Labute approximate surface area is 255 Å². The molecule has 0 amide bonds. The van der Waals surface area contributed by atoms with Gasteiger partial charge in [-0.1, -0.05) is 108 Å². The van der Waals surface area contributed by atoms with Gasteiger partial charge in [0.2, 0.25) is 5.78 Å². The molecule has 4 aromatic rings. The number of halogens is 7. The molecule has 0 saturated carbocycles. The van der Waals surface area contributed by atoms with E-state index in [1.54, 1.807) is 12.1 Å². The van der Waals surface area contributed by atoms with E-state index in [2.05, 4.69) is 101 Å². The summed E-state index contributed by atoms with van der Waals surface area (Å²) in [7, 11) is 0. The molecule has 0 N–H and O–H groups in total. The van der Waals surface area contributed by atoms with E-state index in [1.165, 1.54) is 30.2 Å². The summed E-state index contributed by atoms with van der Waals surface area (Å²) in [5.41, 5.74) is 4.36. The van der Waals surface area contributed by atoms with E-state index in [-0.39, 0.29) is 12.2 Å². The van der Waals surface area contributed by atoms with Crippen molar-refractivity contribution in [1.82, 2.24) is 0 Å². The molecule has 0 spiro atoms. The van der Waals surface area contributed by atoms with Crippen molar-refractivity contribution in [1.29, 1.82) is 0 Å². The van der Waals surface area contributed by atoms with Gasteiger partial charge in [-0.05, 0) is 65.6 Å². The number of carbonyl (C=O) groups excluding carboxylic acids is 2. The highest BCUT2D eigenvalue weighted by atomic mass is 79.9. The molecule has 0 bridgehead atoms. The molecule has 0 unspecified atom stereocenters. The summed E-state index contributed by atoms with van der Waals surface area (Å²) in [4.78, 5) is 20.9. The van der Waals surface area contributed by atoms with E-state index in [4.69, 9.17) is 0 Å². The molecule has 3 nitrogen and oxygen atoms in total. The highest BCUT2D eigenvalue weighted by Crippen LogP contribution is 2.24. The molecule has 4 rings (SSSR count). The Bertz CT molecular complexity index is 1300. The first-order valence-corrected chi connectivity index (χ1v) is 14.0. The van der Waals surface area contributed by atoms with Crippen LogP contribution in [-0.4, -0.2) is 31.2 Å². The van der Waals surface area contributed by atoms with Crippen molar-refractivity contribution in [2.75, 3.05) is 6.61 Å². The van der Waals surface area contributed by atoms with Crippen molar-refractivity contribution in [3.8, 4) is 22.3 Å². The van der Waals surface area contributed by atoms with E-state index >= 15 is 0 Å². The highest BCUT2D eigenvalue weighted by molar-refractivity contribution is 9.11. The zero-order chi connectivity index (χ0) is 29.7.